The number of rotatable bonds is 4. The van der Waals surface area contributed by atoms with E-state index in [1.54, 1.807) is 0 Å². The topological polar surface area (TPSA) is 36.1 Å². The number of benzene rings is 1. The van der Waals surface area contributed by atoms with Gasteiger partial charge in [-0.25, -0.2) is 0 Å². The van der Waals surface area contributed by atoms with Crippen LogP contribution in [0.4, 0.5) is 11.4 Å². The van der Waals surface area contributed by atoms with Crippen LogP contribution in [0.1, 0.15) is 16.7 Å². The van der Waals surface area contributed by atoms with Gasteiger partial charge in [-0.3, -0.25) is 0 Å². The van der Waals surface area contributed by atoms with Crippen molar-refractivity contribution in [3.8, 4) is 0 Å². The molecule has 2 rings (SSSR count). The molecule has 1 aliphatic rings. The number of hydrogen-bond acceptors (Lipinski definition) is 3. The van der Waals surface area contributed by atoms with Crippen molar-refractivity contribution in [2.45, 2.75) is 18.6 Å². The van der Waals surface area contributed by atoms with Crippen molar-refractivity contribution in [1.29, 1.82) is 0 Å². The number of likely N-dealkylation sites (N-methyl/N-ethyl adjacent to an activating group) is 1. The van der Waals surface area contributed by atoms with E-state index >= 15 is 0 Å². The molecule has 0 bridgehead atoms. The molecule has 1 aromatic carbocycles. The number of nitrogens with one attached hydrogen (secondary N) is 3. The average molecular weight is 424 g/mol. The first-order chi connectivity index (χ1) is 10.0. The zero-order valence-electron chi connectivity index (χ0n) is 13.1. The minimum absolute atomic E-state index is 0.584. The third-order valence-corrected chi connectivity index (χ3v) is 5.75. The number of anilines is 2. The molecule has 116 valence electrons. The zero-order chi connectivity index (χ0) is 16.0. The van der Waals surface area contributed by atoms with E-state index in [0.717, 1.165) is 0 Å². The van der Waals surface area contributed by atoms with Gasteiger partial charge in [-0.1, -0.05) is 13.1 Å². The molecule has 0 aliphatic heterocycles. The minimum atomic E-state index is -0.826. The summed E-state index contributed by atoms with van der Waals surface area (Å²) in [5, 5.41) is 10.0. The second kappa shape index (κ2) is 9.24. The molecule has 0 spiro atoms. The van der Waals surface area contributed by atoms with E-state index in [-0.39, 0.29) is 0 Å². The van der Waals surface area contributed by atoms with E-state index in [4.69, 9.17) is 17.0 Å². The summed E-state index contributed by atoms with van der Waals surface area (Å²) in [7, 11) is 15.1. The van der Waals surface area contributed by atoms with Crippen molar-refractivity contribution >= 4 is 43.3 Å². The van der Waals surface area contributed by atoms with Gasteiger partial charge in [-0.2, -0.15) is 0 Å². The number of hydrogen-bond donors (Lipinski definition) is 3. The molecule has 0 heterocycles. The molecule has 1 unspecified atom stereocenters. The fraction of sp³-hybridized carbons (Fsp3) is 0.429. The standard InChI is InChI=1S/C14H23N3Si.2ClH.Zr/c1-15-10-6-7-11(16-2)13-9(10)8-12(17-3)14(13)18(4)5;;;/h6-8,14-18H,1-5H3;2*1H;/q;;;+2/p-2. The molecule has 0 saturated carbocycles. The summed E-state index contributed by atoms with van der Waals surface area (Å²) in [5.41, 5.74) is 7.24. The molecule has 3 N–H and O–H groups in total. The predicted molar refractivity (Wildman–Crippen MR) is 95.9 cm³/mol. The normalized spacial score (nSPS) is 15.6. The SMILES string of the molecule is CNC1=Cc2c(NC)ccc(NC)c2C1[SiH](C)C.[Cl][Zr][Cl]. The van der Waals surface area contributed by atoms with Gasteiger partial charge in [0.1, 0.15) is 0 Å². The van der Waals surface area contributed by atoms with Crippen LogP contribution >= 0.6 is 17.0 Å². The second-order valence-electron chi connectivity index (χ2n) is 5.13. The Morgan fingerprint density at radius 2 is 1.52 bits per heavy atom. The molecule has 1 atom stereocenters. The van der Waals surface area contributed by atoms with Gasteiger partial charge in [-0.15, -0.1) is 0 Å². The Labute approximate surface area is 148 Å². The third-order valence-electron chi connectivity index (χ3n) is 3.73. The van der Waals surface area contributed by atoms with Crippen LogP contribution in [0.2, 0.25) is 13.1 Å². The molecule has 7 heteroatoms. The molecular formula is C14H23Cl2N3SiZr. The van der Waals surface area contributed by atoms with E-state index in [9.17, 15) is 0 Å². The van der Waals surface area contributed by atoms with Crippen LogP contribution in [0.5, 0.6) is 0 Å². The maximum atomic E-state index is 4.93. The van der Waals surface area contributed by atoms with Crippen LogP contribution < -0.4 is 16.0 Å². The monoisotopic (exact) mass is 421 g/mol. The zero-order valence-corrected chi connectivity index (χ0v) is 18.3. The van der Waals surface area contributed by atoms with E-state index in [1.807, 2.05) is 21.1 Å². The summed E-state index contributed by atoms with van der Waals surface area (Å²) < 4.78 is 0. The number of halogens is 2. The summed E-state index contributed by atoms with van der Waals surface area (Å²) in [6.07, 6.45) is 2.31. The average Bonchev–Trinajstić information content (AvgIpc) is 2.86. The molecule has 0 aromatic heterocycles. The molecule has 1 aliphatic carbocycles. The van der Waals surface area contributed by atoms with Gasteiger partial charge in [0.05, 0.1) is 0 Å². The fourth-order valence-electron chi connectivity index (χ4n) is 2.88. The van der Waals surface area contributed by atoms with E-state index in [1.165, 1.54) is 28.2 Å². The Bertz CT molecular complexity index is 509. The van der Waals surface area contributed by atoms with Gasteiger partial charge >= 0.3 is 37.9 Å². The van der Waals surface area contributed by atoms with Gasteiger partial charge < -0.3 is 16.0 Å². The van der Waals surface area contributed by atoms with Crippen LogP contribution in [0, 0.1) is 0 Å². The van der Waals surface area contributed by atoms with Gasteiger partial charge in [0.25, 0.3) is 0 Å². The van der Waals surface area contributed by atoms with Crippen molar-refractivity contribution in [3.05, 3.63) is 29.0 Å². The Hall–Kier alpha value is 0.0400. The van der Waals surface area contributed by atoms with Crippen LogP contribution in [0.15, 0.2) is 17.8 Å². The molecule has 0 fully saturated rings. The first-order valence-electron chi connectivity index (χ1n) is 6.93. The molecule has 0 radical (unpaired) electrons. The van der Waals surface area contributed by atoms with E-state index < -0.39 is 29.6 Å². The second-order valence-corrected chi connectivity index (χ2v) is 12.0. The first kappa shape index (κ1) is 19.1. The molecule has 3 nitrogen and oxygen atoms in total. The van der Waals surface area contributed by atoms with E-state index in [2.05, 4.69) is 47.3 Å². The van der Waals surface area contributed by atoms with Crippen molar-refractivity contribution in [1.82, 2.24) is 5.32 Å². The summed E-state index contributed by atoms with van der Waals surface area (Å²) >= 11 is -0.826. The van der Waals surface area contributed by atoms with Crippen LogP contribution in [0.25, 0.3) is 6.08 Å². The third kappa shape index (κ3) is 4.28. The molecule has 0 amide bonds. The number of allylic oxidation sites excluding steroid dienone is 1. The van der Waals surface area contributed by atoms with Gasteiger partial charge in [0.2, 0.25) is 0 Å². The van der Waals surface area contributed by atoms with Gasteiger partial charge in [0.15, 0.2) is 0 Å². The van der Waals surface area contributed by atoms with Gasteiger partial charge in [-0.05, 0) is 23.8 Å². The summed E-state index contributed by atoms with van der Waals surface area (Å²) in [4.78, 5) is 0. The molecule has 0 saturated heterocycles. The molecule has 1 aromatic rings. The van der Waals surface area contributed by atoms with Crippen LogP contribution in [-0.4, -0.2) is 29.9 Å². The Morgan fingerprint density at radius 1 is 1.00 bits per heavy atom. The van der Waals surface area contributed by atoms with Crippen molar-refractivity contribution in [2.24, 2.45) is 0 Å². The molecular weight excluding hydrogens is 400 g/mol. The Kier molecular flexibility index (Phi) is 8.40. The Balaban J connectivity index is 0.000000677. The molecule has 21 heavy (non-hydrogen) atoms. The van der Waals surface area contributed by atoms with E-state index in [0.29, 0.717) is 5.54 Å². The van der Waals surface area contributed by atoms with Crippen LogP contribution in [0.3, 0.4) is 0 Å². The summed E-state index contributed by atoms with van der Waals surface area (Å²) in [5.74, 6) is 0. The quantitative estimate of drug-likeness (QED) is 0.644. The fourth-order valence-corrected chi connectivity index (χ4v) is 4.89. The maximum absolute atomic E-state index is 4.93. The summed E-state index contributed by atoms with van der Waals surface area (Å²) in [6, 6.07) is 4.33. The van der Waals surface area contributed by atoms with Gasteiger partial charge in [0, 0.05) is 58.1 Å². The Morgan fingerprint density at radius 3 is 1.95 bits per heavy atom. The van der Waals surface area contributed by atoms with Crippen molar-refractivity contribution < 1.29 is 20.8 Å². The first-order valence-corrected chi connectivity index (χ1v) is 16.2. The van der Waals surface area contributed by atoms with Crippen molar-refractivity contribution in [3.63, 3.8) is 0 Å². The summed E-state index contributed by atoms with van der Waals surface area (Å²) in [6.45, 7) is 4.83. The predicted octanol–water partition coefficient (Wildman–Crippen LogP) is 3.83. The van der Waals surface area contributed by atoms with Crippen LogP contribution in [-0.2, 0) is 20.8 Å². The van der Waals surface area contributed by atoms with Crippen molar-refractivity contribution in [2.75, 3.05) is 31.8 Å². The number of fused-ring (bicyclic) bond motifs is 1.